The second kappa shape index (κ2) is 33.7. The van der Waals surface area contributed by atoms with Gasteiger partial charge in [-0.3, -0.25) is 9.59 Å². The van der Waals surface area contributed by atoms with E-state index in [1.165, 1.54) is 116 Å². The lowest BCUT2D eigenvalue weighted by Crippen LogP contribution is -2.41. The van der Waals surface area contributed by atoms with Crippen LogP contribution in [0.25, 0.3) is 0 Å². The topological polar surface area (TPSA) is 192 Å². The molecule has 0 spiro atoms. The molecule has 2 aliphatic rings. The van der Waals surface area contributed by atoms with Gasteiger partial charge in [0.1, 0.15) is 62.0 Å². The summed E-state index contributed by atoms with van der Waals surface area (Å²) in [6, 6.07) is 0. The molecule has 2 heterocycles. The Morgan fingerprint density at radius 3 is 0.981 bits per heavy atom. The third-order valence-electron chi connectivity index (χ3n) is 10.4. The fourth-order valence-electron chi connectivity index (χ4n) is 6.84. The van der Waals surface area contributed by atoms with Crippen molar-refractivity contribution in [2.75, 3.05) is 26.4 Å². The van der Waals surface area contributed by atoms with Crippen molar-refractivity contribution in [3.63, 3.8) is 0 Å². The first-order valence-electron chi connectivity index (χ1n) is 21.7. The van der Waals surface area contributed by atoms with Crippen LogP contribution >= 0.6 is 0 Å². The number of aliphatic hydroxyl groups is 6. The quantitative estimate of drug-likeness (QED) is 0.0335. The Bertz CT molecular complexity index is 891. The monoisotopic (exact) mass is 777 g/mol. The van der Waals surface area contributed by atoms with Gasteiger partial charge in [-0.1, -0.05) is 155 Å². The van der Waals surface area contributed by atoms with Crippen molar-refractivity contribution >= 4 is 11.9 Å². The highest BCUT2D eigenvalue weighted by Gasteiger charge is 2.40. The number of unbranched alkanes of at least 4 members (excludes halogenated alkanes) is 22. The number of carbonyl (C=O) groups is 2. The van der Waals surface area contributed by atoms with E-state index in [-0.39, 0.29) is 38.4 Å². The van der Waals surface area contributed by atoms with Gasteiger partial charge in [0.05, 0.1) is 13.2 Å². The molecular weight excluding hydrogens is 696 g/mol. The smallest absolute Gasteiger partial charge is 0.305 e. The molecule has 12 nitrogen and oxygen atoms in total. The summed E-state index contributed by atoms with van der Waals surface area (Å²) in [5.74, 6) is -0.679. The molecule has 0 amide bonds. The molecule has 8 atom stereocenters. The van der Waals surface area contributed by atoms with Crippen molar-refractivity contribution in [2.45, 2.75) is 230 Å². The molecule has 320 valence electrons. The normalized spacial score (nSPS) is 23.5. The molecule has 6 N–H and O–H groups in total. The Kier molecular flexibility index (Phi) is 31.6. The molecule has 0 aromatic carbocycles. The molecule has 0 aromatic heterocycles. The third-order valence-corrected chi connectivity index (χ3v) is 10.4. The Labute approximate surface area is 326 Å². The highest BCUT2D eigenvalue weighted by Crippen LogP contribution is 2.20. The first kappa shape index (κ1) is 50.6. The second-order valence-electron chi connectivity index (χ2n) is 15.5. The van der Waals surface area contributed by atoms with Crippen molar-refractivity contribution in [1.82, 2.24) is 0 Å². The molecular formula is C42H80O12. The molecule has 0 radical (unpaired) electrons. The van der Waals surface area contributed by atoms with Gasteiger partial charge >= 0.3 is 11.9 Å². The van der Waals surface area contributed by atoms with Crippen molar-refractivity contribution in [1.29, 1.82) is 0 Å². The molecule has 0 bridgehead atoms. The maximum Gasteiger partial charge on any atom is 0.305 e. The summed E-state index contributed by atoms with van der Waals surface area (Å²) in [6.07, 6.45) is 22.2. The van der Waals surface area contributed by atoms with E-state index in [0.29, 0.717) is 12.8 Å². The van der Waals surface area contributed by atoms with Crippen molar-refractivity contribution in [3.8, 4) is 0 Å². The minimum Gasteiger partial charge on any atom is -0.463 e. The van der Waals surface area contributed by atoms with Gasteiger partial charge in [-0.2, -0.15) is 0 Å². The molecule has 2 fully saturated rings. The number of ether oxygens (including phenoxy) is 4. The predicted octanol–water partition coefficient (Wildman–Crippen LogP) is 6.20. The van der Waals surface area contributed by atoms with Crippen LogP contribution in [-0.4, -0.2) is 118 Å². The number of carbonyl (C=O) groups excluding carboxylic acids is 2. The van der Waals surface area contributed by atoms with E-state index in [4.69, 9.17) is 18.9 Å². The van der Waals surface area contributed by atoms with Crippen LogP contribution in [-0.2, 0) is 28.5 Å². The van der Waals surface area contributed by atoms with Gasteiger partial charge in [0.15, 0.2) is 0 Å². The molecule has 54 heavy (non-hydrogen) atoms. The van der Waals surface area contributed by atoms with E-state index in [1.807, 2.05) is 0 Å². The van der Waals surface area contributed by atoms with Gasteiger partial charge < -0.3 is 49.6 Å². The zero-order valence-corrected chi connectivity index (χ0v) is 34.0. The van der Waals surface area contributed by atoms with Crippen LogP contribution in [0.15, 0.2) is 0 Å². The Morgan fingerprint density at radius 1 is 0.481 bits per heavy atom. The van der Waals surface area contributed by atoms with E-state index in [0.717, 1.165) is 38.5 Å². The highest BCUT2D eigenvalue weighted by atomic mass is 16.6. The number of aliphatic hydroxyl groups excluding tert-OH is 6. The van der Waals surface area contributed by atoms with Gasteiger partial charge in [0, 0.05) is 12.8 Å². The van der Waals surface area contributed by atoms with Crippen LogP contribution < -0.4 is 0 Å². The second-order valence-corrected chi connectivity index (χ2v) is 15.5. The molecule has 2 rings (SSSR count). The summed E-state index contributed by atoms with van der Waals surface area (Å²) in [5, 5.41) is 57.8. The molecule has 0 saturated carbocycles. The fraction of sp³-hybridized carbons (Fsp3) is 0.952. The standard InChI is InChI=1S/C24H46O6.C18H34O6/c1-2-3-4-5-6-7-8-9-10-11-12-13-14-15-16-17-22(27)29-19-21(26)24-23(28)20(25)18-30-24;1-2-3-4-5-6-7-8-9-10-11-16(21)23-13-15(20)18-17(22)14(19)12-24-18/h20-21,23-26,28H,2-19H2,1H3;14-15,17-20,22H,2-13H2,1H3/t20-,21+,23+,24+;14-,15+,17+,18+/m00/s1. The number of hydrogen-bond acceptors (Lipinski definition) is 12. The van der Waals surface area contributed by atoms with Crippen molar-refractivity contribution in [2.24, 2.45) is 0 Å². The maximum atomic E-state index is 11.8. The zero-order valence-electron chi connectivity index (χ0n) is 34.0. The zero-order chi connectivity index (χ0) is 39.8. The van der Waals surface area contributed by atoms with Gasteiger partial charge in [-0.25, -0.2) is 0 Å². The van der Waals surface area contributed by atoms with Crippen LogP contribution in [0.4, 0.5) is 0 Å². The summed E-state index contributed by atoms with van der Waals surface area (Å²) < 4.78 is 20.3. The third kappa shape index (κ3) is 25.0. The molecule has 0 aromatic rings. The van der Waals surface area contributed by atoms with Crippen molar-refractivity contribution < 1.29 is 59.2 Å². The Morgan fingerprint density at radius 2 is 0.741 bits per heavy atom. The van der Waals surface area contributed by atoms with E-state index in [2.05, 4.69) is 13.8 Å². The van der Waals surface area contributed by atoms with E-state index < -0.39 is 48.8 Å². The first-order chi connectivity index (χ1) is 26.1. The lowest BCUT2D eigenvalue weighted by atomic mass is 10.0. The first-order valence-corrected chi connectivity index (χ1v) is 21.7. The molecule has 0 aliphatic carbocycles. The van der Waals surface area contributed by atoms with Crippen LogP contribution in [0.1, 0.15) is 181 Å². The fourth-order valence-corrected chi connectivity index (χ4v) is 6.84. The minimum absolute atomic E-state index is 0.0179. The Balaban J connectivity index is 0.000000553. The van der Waals surface area contributed by atoms with E-state index in [1.54, 1.807) is 0 Å². The number of hydrogen-bond donors (Lipinski definition) is 6. The number of rotatable bonds is 32. The van der Waals surface area contributed by atoms with Gasteiger partial charge in [0.2, 0.25) is 0 Å². The van der Waals surface area contributed by atoms with E-state index >= 15 is 0 Å². The molecule has 12 heteroatoms. The van der Waals surface area contributed by atoms with Gasteiger partial charge in [-0.05, 0) is 12.8 Å². The molecule has 2 aliphatic heterocycles. The summed E-state index contributed by atoms with van der Waals surface area (Å²) in [6.45, 7) is 4.00. The largest absolute Gasteiger partial charge is 0.463 e. The summed E-state index contributed by atoms with van der Waals surface area (Å²) in [7, 11) is 0. The van der Waals surface area contributed by atoms with Crippen LogP contribution in [0.2, 0.25) is 0 Å². The summed E-state index contributed by atoms with van der Waals surface area (Å²) in [5.41, 5.74) is 0. The molecule has 2 saturated heterocycles. The predicted molar refractivity (Wildman–Crippen MR) is 209 cm³/mol. The van der Waals surface area contributed by atoms with Crippen LogP contribution in [0, 0.1) is 0 Å². The van der Waals surface area contributed by atoms with E-state index in [9.17, 15) is 40.2 Å². The lowest BCUT2D eigenvalue weighted by molar-refractivity contribution is -0.151. The van der Waals surface area contributed by atoms with Gasteiger partial charge in [-0.15, -0.1) is 0 Å². The Hall–Kier alpha value is -1.38. The summed E-state index contributed by atoms with van der Waals surface area (Å²) >= 11 is 0. The van der Waals surface area contributed by atoms with Gasteiger partial charge in [0.25, 0.3) is 0 Å². The van der Waals surface area contributed by atoms with Crippen LogP contribution in [0.3, 0.4) is 0 Å². The number of esters is 2. The SMILES string of the molecule is CCCCCCCCCCCC(=O)OC[C@@H](O)[C@H]1OC[C@H](O)[C@H]1O.CCCCCCCCCCCCCCCCCC(=O)OC[C@@H](O)[C@H]1OC[C@H](O)[C@H]1O. The average Bonchev–Trinajstić information content (AvgIpc) is 3.68. The average molecular weight is 777 g/mol. The van der Waals surface area contributed by atoms with Crippen molar-refractivity contribution in [3.05, 3.63) is 0 Å². The molecule has 0 unspecified atom stereocenters. The van der Waals surface area contributed by atoms with Crippen LogP contribution in [0.5, 0.6) is 0 Å². The minimum atomic E-state index is -1.14. The lowest BCUT2D eigenvalue weighted by Gasteiger charge is -2.20. The maximum absolute atomic E-state index is 11.8. The summed E-state index contributed by atoms with van der Waals surface area (Å²) in [4.78, 5) is 23.4. The highest BCUT2D eigenvalue weighted by molar-refractivity contribution is 5.69.